The highest BCUT2D eigenvalue weighted by Gasteiger charge is 2.19. The van der Waals surface area contributed by atoms with Crippen LogP contribution in [0.5, 0.6) is 5.75 Å². The minimum absolute atomic E-state index is 0.0815. The molecule has 0 bridgehead atoms. The Morgan fingerprint density at radius 3 is 3.04 bits per heavy atom. The van der Waals surface area contributed by atoms with Crippen molar-refractivity contribution in [2.45, 2.75) is 39.3 Å². The van der Waals surface area contributed by atoms with E-state index >= 15 is 0 Å². The van der Waals surface area contributed by atoms with Gasteiger partial charge in [-0.15, -0.1) is 0 Å². The van der Waals surface area contributed by atoms with E-state index in [1.54, 1.807) is 6.21 Å². The predicted molar refractivity (Wildman–Crippen MR) is 108 cm³/mol. The second-order valence-corrected chi connectivity index (χ2v) is 7.04. The van der Waals surface area contributed by atoms with E-state index in [-0.39, 0.29) is 12.0 Å². The molecule has 1 amide bonds. The van der Waals surface area contributed by atoms with Crippen molar-refractivity contribution in [2.75, 3.05) is 5.32 Å². The van der Waals surface area contributed by atoms with Crippen molar-refractivity contribution in [2.24, 2.45) is 4.99 Å². The summed E-state index contributed by atoms with van der Waals surface area (Å²) in [6.07, 6.45) is 10.0. The first-order valence-electron chi connectivity index (χ1n) is 9.30. The second-order valence-electron chi connectivity index (χ2n) is 7.04. The Labute approximate surface area is 158 Å². The number of amides is 1. The first kappa shape index (κ1) is 17.3. The number of nitrogens with one attached hydrogen (secondary N) is 2. The van der Waals surface area contributed by atoms with Crippen LogP contribution in [-0.2, 0) is 17.8 Å². The summed E-state index contributed by atoms with van der Waals surface area (Å²) in [5.41, 5.74) is 3.67. The fourth-order valence-electron chi connectivity index (χ4n) is 3.50. The Morgan fingerprint density at radius 2 is 2.19 bits per heavy atom. The highest BCUT2D eigenvalue weighted by Crippen LogP contribution is 2.19. The number of hydrogen-bond donors (Lipinski definition) is 2. The Hall–Kier alpha value is -3.08. The van der Waals surface area contributed by atoms with Crippen LogP contribution in [0.1, 0.15) is 31.4 Å². The number of hydrogen-bond acceptors (Lipinski definition) is 3. The summed E-state index contributed by atoms with van der Waals surface area (Å²) in [7, 11) is 0. The molecule has 5 heteroatoms. The van der Waals surface area contributed by atoms with Gasteiger partial charge < -0.3 is 15.0 Å². The SMILES string of the molecule is CC(C)Oc1cccc(NC(=O)C2=c3[nH]c4c(c3CN=C2)CCC=CC=4)c1. The van der Waals surface area contributed by atoms with Crippen LogP contribution in [0, 0.1) is 0 Å². The van der Waals surface area contributed by atoms with Crippen molar-refractivity contribution in [3.8, 4) is 5.75 Å². The van der Waals surface area contributed by atoms with E-state index in [2.05, 4.69) is 33.5 Å². The predicted octanol–water partition coefficient (Wildman–Crippen LogP) is 2.46. The third-order valence-corrected chi connectivity index (χ3v) is 4.66. The van der Waals surface area contributed by atoms with Crippen molar-refractivity contribution >= 4 is 29.5 Å². The van der Waals surface area contributed by atoms with Gasteiger partial charge in [0, 0.05) is 28.9 Å². The average molecular weight is 361 g/mol. The maximum absolute atomic E-state index is 12.9. The van der Waals surface area contributed by atoms with Gasteiger partial charge in [-0.25, -0.2) is 0 Å². The first-order chi connectivity index (χ1) is 13.1. The highest BCUT2D eigenvalue weighted by molar-refractivity contribution is 6.38. The summed E-state index contributed by atoms with van der Waals surface area (Å²) in [4.78, 5) is 20.8. The molecule has 1 aliphatic heterocycles. The number of carbonyl (C=O) groups is 1. The van der Waals surface area contributed by atoms with Crippen molar-refractivity contribution < 1.29 is 9.53 Å². The summed E-state index contributed by atoms with van der Waals surface area (Å²) < 4.78 is 5.70. The molecule has 0 fully saturated rings. The number of allylic oxidation sites excluding steroid dienone is 2. The molecule has 1 aromatic carbocycles. The van der Waals surface area contributed by atoms with E-state index in [1.807, 2.05) is 38.1 Å². The molecule has 1 aromatic heterocycles. The molecule has 2 N–H and O–H groups in total. The maximum Gasteiger partial charge on any atom is 0.259 e. The van der Waals surface area contributed by atoms with Gasteiger partial charge in [0.15, 0.2) is 0 Å². The molecule has 0 unspecified atom stereocenters. The van der Waals surface area contributed by atoms with Crippen LogP contribution < -0.4 is 20.8 Å². The van der Waals surface area contributed by atoms with E-state index in [4.69, 9.17) is 4.74 Å². The Bertz CT molecular complexity index is 1060. The third-order valence-electron chi connectivity index (χ3n) is 4.66. The molecule has 4 rings (SSSR count). The van der Waals surface area contributed by atoms with E-state index < -0.39 is 0 Å². The van der Waals surface area contributed by atoms with Gasteiger partial charge in [-0.2, -0.15) is 0 Å². The Kier molecular flexibility index (Phi) is 4.67. The fourth-order valence-corrected chi connectivity index (χ4v) is 3.50. The second kappa shape index (κ2) is 7.27. The van der Waals surface area contributed by atoms with Gasteiger partial charge in [-0.05, 0) is 50.5 Å². The number of benzene rings is 1. The summed E-state index contributed by atoms with van der Waals surface area (Å²) >= 11 is 0. The molecule has 1 aliphatic carbocycles. The summed E-state index contributed by atoms with van der Waals surface area (Å²) in [5.74, 6) is 0.562. The quantitative estimate of drug-likeness (QED) is 0.878. The molecule has 0 radical (unpaired) electrons. The molecule has 0 spiro atoms. The van der Waals surface area contributed by atoms with Gasteiger partial charge in [0.1, 0.15) is 5.75 Å². The van der Waals surface area contributed by atoms with Crippen LogP contribution in [0.3, 0.4) is 0 Å². The zero-order valence-corrected chi connectivity index (χ0v) is 15.6. The Balaban J connectivity index is 1.68. The van der Waals surface area contributed by atoms with Gasteiger partial charge in [-0.3, -0.25) is 9.79 Å². The zero-order chi connectivity index (χ0) is 18.8. The van der Waals surface area contributed by atoms with Crippen LogP contribution in [-0.4, -0.2) is 23.2 Å². The van der Waals surface area contributed by atoms with Crippen molar-refractivity contribution in [3.63, 3.8) is 0 Å². The van der Waals surface area contributed by atoms with Crippen LogP contribution in [0.4, 0.5) is 5.69 Å². The number of aromatic nitrogens is 1. The van der Waals surface area contributed by atoms with Crippen LogP contribution in [0.15, 0.2) is 41.4 Å². The minimum Gasteiger partial charge on any atom is -0.491 e. The van der Waals surface area contributed by atoms with Gasteiger partial charge in [0.2, 0.25) is 0 Å². The van der Waals surface area contributed by atoms with Crippen molar-refractivity contribution in [1.82, 2.24) is 4.98 Å². The molecule has 0 saturated carbocycles. The number of carbonyl (C=O) groups excluding carboxylic acids is 1. The van der Waals surface area contributed by atoms with Crippen LogP contribution in [0.25, 0.3) is 11.6 Å². The number of nitrogens with zero attached hydrogens (tertiary/aromatic N) is 1. The first-order valence-corrected chi connectivity index (χ1v) is 9.30. The molecule has 5 nitrogen and oxygen atoms in total. The van der Waals surface area contributed by atoms with Gasteiger partial charge in [-0.1, -0.05) is 18.2 Å². The molecule has 2 aliphatic rings. The van der Waals surface area contributed by atoms with E-state index in [1.165, 1.54) is 5.56 Å². The van der Waals surface area contributed by atoms with Gasteiger partial charge >= 0.3 is 0 Å². The highest BCUT2D eigenvalue weighted by atomic mass is 16.5. The molecule has 0 atom stereocenters. The topological polar surface area (TPSA) is 66.5 Å². The standard InChI is InChI=1S/C22H23N3O2/c1-14(2)27-16-8-6-7-15(11-16)24-22(26)19-13-23-12-18-17-9-4-3-5-10-20(17)25-21(18)19/h3,5-8,10-11,13-14,25H,4,9,12H2,1-2H3,(H,24,26). The van der Waals surface area contributed by atoms with Gasteiger partial charge in [0.25, 0.3) is 5.91 Å². The van der Waals surface area contributed by atoms with Crippen molar-refractivity contribution in [1.29, 1.82) is 0 Å². The fraction of sp³-hybridized carbons (Fsp3) is 0.273. The molecule has 2 heterocycles. The number of H-pyrrole nitrogens is 1. The number of fused-ring (bicyclic) bond motifs is 3. The van der Waals surface area contributed by atoms with E-state index in [9.17, 15) is 4.79 Å². The van der Waals surface area contributed by atoms with E-state index in [0.29, 0.717) is 17.8 Å². The molecular formula is C22H23N3O2. The molecule has 27 heavy (non-hydrogen) atoms. The normalized spacial score (nSPS) is 15.0. The molecule has 2 aromatic rings. The molecule has 138 valence electrons. The Morgan fingerprint density at radius 1 is 1.30 bits per heavy atom. The monoisotopic (exact) mass is 361 g/mol. The minimum atomic E-state index is -0.173. The van der Waals surface area contributed by atoms with Gasteiger partial charge in [0.05, 0.1) is 23.6 Å². The van der Waals surface area contributed by atoms with E-state index in [0.717, 1.165) is 34.9 Å². The average Bonchev–Trinajstić information content (AvgIpc) is 2.82. The number of ether oxygens (including phenoxy) is 1. The third kappa shape index (κ3) is 3.58. The summed E-state index contributed by atoms with van der Waals surface area (Å²) in [6.45, 7) is 4.56. The lowest BCUT2D eigenvalue weighted by atomic mass is 10.0. The number of aliphatic imine (C=N–C) groups is 1. The lowest BCUT2D eigenvalue weighted by Gasteiger charge is -2.12. The van der Waals surface area contributed by atoms with Crippen LogP contribution in [0.2, 0.25) is 0 Å². The lowest BCUT2D eigenvalue weighted by molar-refractivity contribution is -0.111. The summed E-state index contributed by atoms with van der Waals surface area (Å²) in [6, 6.07) is 7.45. The van der Waals surface area contributed by atoms with Crippen molar-refractivity contribution in [3.05, 3.63) is 58.2 Å². The largest absolute Gasteiger partial charge is 0.491 e. The number of aromatic amines is 1. The van der Waals surface area contributed by atoms with Crippen LogP contribution >= 0.6 is 0 Å². The number of rotatable bonds is 4. The maximum atomic E-state index is 12.9. The smallest absolute Gasteiger partial charge is 0.259 e. The lowest BCUT2D eigenvalue weighted by Crippen LogP contribution is -2.27. The summed E-state index contributed by atoms with van der Waals surface area (Å²) in [5, 5.41) is 4.93. The molecular weight excluding hydrogens is 338 g/mol. The zero-order valence-electron chi connectivity index (χ0n) is 15.6. The number of anilines is 1. The molecule has 0 saturated heterocycles.